The van der Waals surface area contributed by atoms with Crippen LogP contribution in [0.1, 0.15) is 39.6 Å². The topological polar surface area (TPSA) is 84.5 Å². The van der Waals surface area contributed by atoms with Gasteiger partial charge in [0.2, 0.25) is 5.91 Å². The maximum atomic E-state index is 12.3. The van der Waals surface area contributed by atoms with Gasteiger partial charge in [0.25, 0.3) is 5.91 Å². The molecule has 0 aliphatic carbocycles. The molecular weight excluding hydrogens is 320 g/mol. The highest BCUT2D eigenvalue weighted by atomic mass is 16.5. The Bertz CT molecular complexity index is 798. The van der Waals surface area contributed by atoms with Crippen molar-refractivity contribution in [2.45, 2.75) is 20.3 Å². The number of anilines is 2. The van der Waals surface area contributed by atoms with Crippen molar-refractivity contribution in [2.24, 2.45) is 0 Å². The Morgan fingerprint density at radius 1 is 0.960 bits per heavy atom. The lowest BCUT2D eigenvalue weighted by Gasteiger charge is -2.11. The smallest absolute Gasteiger partial charge is 0.337 e. The number of rotatable bonds is 5. The molecule has 25 heavy (non-hydrogen) atoms. The number of carbonyl (C=O) groups excluding carboxylic acids is 3. The summed E-state index contributed by atoms with van der Waals surface area (Å²) in [5.74, 6) is -0.861. The summed E-state index contributed by atoms with van der Waals surface area (Å²) in [6.07, 6.45) is 0.378. The van der Waals surface area contributed by atoms with Crippen molar-refractivity contribution in [1.82, 2.24) is 0 Å². The Labute approximate surface area is 146 Å². The molecule has 0 aliphatic rings. The van der Waals surface area contributed by atoms with Crippen LogP contribution < -0.4 is 10.6 Å². The van der Waals surface area contributed by atoms with Gasteiger partial charge in [-0.3, -0.25) is 9.59 Å². The van der Waals surface area contributed by atoms with Crippen LogP contribution in [0, 0.1) is 6.92 Å². The van der Waals surface area contributed by atoms with E-state index in [1.807, 2.05) is 13.0 Å². The van der Waals surface area contributed by atoms with Crippen LogP contribution in [0.3, 0.4) is 0 Å². The Kier molecular flexibility index (Phi) is 5.89. The van der Waals surface area contributed by atoms with Crippen LogP contribution in [0.15, 0.2) is 42.5 Å². The van der Waals surface area contributed by atoms with Crippen molar-refractivity contribution in [2.75, 3.05) is 17.7 Å². The van der Waals surface area contributed by atoms with Crippen LogP contribution >= 0.6 is 0 Å². The van der Waals surface area contributed by atoms with E-state index in [2.05, 4.69) is 15.4 Å². The summed E-state index contributed by atoms with van der Waals surface area (Å²) in [6, 6.07) is 11.5. The Balaban J connectivity index is 2.13. The SMILES string of the molecule is CCC(=O)Nc1cc(NC(=O)c2ccc(C(=O)OC)cc2)ccc1C. The van der Waals surface area contributed by atoms with Gasteiger partial charge in [0.15, 0.2) is 0 Å². The van der Waals surface area contributed by atoms with Crippen molar-refractivity contribution in [1.29, 1.82) is 0 Å². The van der Waals surface area contributed by atoms with E-state index in [1.165, 1.54) is 19.2 Å². The number of hydrogen-bond donors (Lipinski definition) is 2. The molecule has 0 aromatic heterocycles. The molecule has 0 bridgehead atoms. The third-order valence-corrected chi connectivity index (χ3v) is 3.66. The summed E-state index contributed by atoms with van der Waals surface area (Å²) in [4.78, 5) is 35.3. The highest BCUT2D eigenvalue weighted by molar-refractivity contribution is 6.05. The van der Waals surface area contributed by atoms with Crippen molar-refractivity contribution >= 4 is 29.2 Å². The molecule has 0 fully saturated rings. The molecule has 0 unspecified atom stereocenters. The second kappa shape index (κ2) is 8.10. The van der Waals surface area contributed by atoms with Crippen LogP contribution in [-0.2, 0) is 9.53 Å². The van der Waals surface area contributed by atoms with Gasteiger partial charge < -0.3 is 15.4 Å². The maximum absolute atomic E-state index is 12.3. The molecule has 130 valence electrons. The number of methoxy groups -OCH3 is 1. The molecule has 0 spiro atoms. The Morgan fingerprint density at radius 2 is 1.60 bits per heavy atom. The van der Waals surface area contributed by atoms with Crippen molar-refractivity contribution in [3.8, 4) is 0 Å². The number of nitrogens with one attached hydrogen (secondary N) is 2. The van der Waals surface area contributed by atoms with E-state index in [9.17, 15) is 14.4 Å². The average molecular weight is 340 g/mol. The lowest BCUT2D eigenvalue weighted by atomic mass is 10.1. The van der Waals surface area contributed by atoms with Crippen LogP contribution in [0.5, 0.6) is 0 Å². The number of hydrogen-bond acceptors (Lipinski definition) is 4. The zero-order valence-electron chi connectivity index (χ0n) is 14.4. The zero-order valence-corrected chi connectivity index (χ0v) is 14.4. The minimum absolute atomic E-state index is 0.0926. The van der Waals surface area contributed by atoms with Crippen molar-refractivity contribution < 1.29 is 19.1 Å². The number of ether oxygens (including phenoxy) is 1. The minimum Gasteiger partial charge on any atom is -0.465 e. The number of aryl methyl sites for hydroxylation is 1. The fourth-order valence-electron chi connectivity index (χ4n) is 2.15. The first-order valence-electron chi connectivity index (χ1n) is 7.84. The Hall–Kier alpha value is -3.15. The highest BCUT2D eigenvalue weighted by Gasteiger charge is 2.10. The van der Waals surface area contributed by atoms with E-state index in [0.717, 1.165) is 5.56 Å². The minimum atomic E-state index is -0.457. The van der Waals surface area contributed by atoms with Gasteiger partial charge in [0, 0.05) is 23.4 Å². The van der Waals surface area contributed by atoms with Crippen LogP contribution in [0.25, 0.3) is 0 Å². The summed E-state index contributed by atoms with van der Waals surface area (Å²) in [7, 11) is 1.30. The van der Waals surface area contributed by atoms with E-state index < -0.39 is 5.97 Å². The molecule has 2 N–H and O–H groups in total. The first-order valence-corrected chi connectivity index (χ1v) is 7.84. The van der Waals surface area contributed by atoms with Gasteiger partial charge in [-0.2, -0.15) is 0 Å². The molecule has 2 rings (SSSR count). The van der Waals surface area contributed by atoms with Crippen LogP contribution in [0.2, 0.25) is 0 Å². The first-order chi connectivity index (χ1) is 11.9. The predicted octanol–water partition coefficient (Wildman–Crippen LogP) is 3.38. The zero-order chi connectivity index (χ0) is 18.4. The standard InChI is InChI=1S/C19H20N2O4/c1-4-17(22)21-16-11-15(10-5-12(16)2)20-18(23)13-6-8-14(9-7-13)19(24)25-3/h5-11H,4H2,1-3H3,(H,20,23)(H,21,22). The average Bonchev–Trinajstić information content (AvgIpc) is 2.63. The molecule has 2 aromatic rings. The van der Waals surface area contributed by atoms with E-state index in [4.69, 9.17) is 0 Å². The van der Waals surface area contributed by atoms with Gasteiger partial charge >= 0.3 is 5.97 Å². The van der Waals surface area contributed by atoms with Crippen LogP contribution in [0.4, 0.5) is 11.4 Å². The van der Waals surface area contributed by atoms with Gasteiger partial charge in [0.1, 0.15) is 0 Å². The second-order valence-corrected chi connectivity index (χ2v) is 5.45. The number of esters is 1. The van der Waals surface area contributed by atoms with Gasteiger partial charge in [-0.25, -0.2) is 4.79 Å². The monoisotopic (exact) mass is 340 g/mol. The number of benzene rings is 2. The normalized spacial score (nSPS) is 10.0. The van der Waals surface area contributed by atoms with E-state index in [0.29, 0.717) is 28.9 Å². The quantitative estimate of drug-likeness (QED) is 0.817. The molecule has 2 amide bonds. The van der Waals surface area contributed by atoms with Gasteiger partial charge in [-0.05, 0) is 48.9 Å². The fourth-order valence-corrected chi connectivity index (χ4v) is 2.15. The summed E-state index contributed by atoms with van der Waals surface area (Å²) >= 11 is 0. The maximum Gasteiger partial charge on any atom is 0.337 e. The fraction of sp³-hybridized carbons (Fsp3) is 0.211. The van der Waals surface area contributed by atoms with Gasteiger partial charge in [-0.15, -0.1) is 0 Å². The summed E-state index contributed by atoms with van der Waals surface area (Å²) < 4.78 is 4.62. The summed E-state index contributed by atoms with van der Waals surface area (Å²) in [5, 5.41) is 5.57. The molecule has 0 atom stereocenters. The first kappa shape index (κ1) is 18.2. The van der Waals surface area contributed by atoms with Gasteiger partial charge in [0.05, 0.1) is 12.7 Å². The molecule has 6 heteroatoms. The lowest BCUT2D eigenvalue weighted by Crippen LogP contribution is -2.14. The molecule has 0 saturated carbocycles. The third-order valence-electron chi connectivity index (χ3n) is 3.66. The van der Waals surface area contributed by atoms with E-state index in [1.54, 1.807) is 31.2 Å². The third kappa shape index (κ3) is 4.67. The summed E-state index contributed by atoms with van der Waals surface area (Å²) in [5.41, 5.74) is 2.92. The highest BCUT2D eigenvalue weighted by Crippen LogP contribution is 2.21. The Morgan fingerprint density at radius 3 is 2.20 bits per heavy atom. The van der Waals surface area contributed by atoms with E-state index in [-0.39, 0.29) is 11.8 Å². The van der Waals surface area contributed by atoms with Crippen LogP contribution in [-0.4, -0.2) is 24.9 Å². The molecule has 0 aliphatic heterocycles. The summed E-state index contributed by atoms with van der Waals surface area (Å²) in [6.45, 7) is 3.65. The molecule has 0 heterocycles. The molecule has 2 aromatic carbocycles. The van der Waals surface area contributed by atoms with Crippen molar-refractivity contribution in [3.63, 3.8) is 0 Å². The number of carbonyl (C=O) groups is 3. The molecule has 0 saturated heterocycles. The molecule has 0 radical (unpaired) electrons. The van der Waals surface area contributed by atoms with Crippen molar-refractivity contribution in [3.05, 3.63) is 59.2 Å². The molecule has 6 nitrogen and oxygen atoms in total. The van der Waals surface area contributed by atoms with E-state index >= 15 is 0 Å². The number of amides is 2. The second-order valence-electron chi connectivity index (χ2n) is 5.45. The predicted molar refractivity (Wildman–Crippen MR) is 95.8 cm³/mol. The largest absolute Gasteiger partial charge is 0.465 e. The van der Waals surface area contributed by atoms with Gasteiger partial charge in [-0.1, -0.05) is 13.0 Å². The lowest BCUT2D eigenvalue weighted by molar-refractivity contribution is -0.115. The molecular formula is C19H20N2O4.